The molecule has 0 bridgehead atoms. The van der Waals surface area contributed by atoms with Crippen LogP contribution in [0.4, 0.5) is 10.9 Å². The van der Waals surface area contributed by atoms with Crippen molar-refractivity contribution in [3.8, 4) is 0 Å². The normalized spacial score (nSPS) is 16.1. The molecule has 0 unspecified atom stereocenters. The molecule has 94 valence electrons. The van der Waals surface area contributed by atoms with Crippen LogP contribution in [-0.4, -0.2) is 41.4 Å². The van der Waals surface area contributed by atoms with Crippen molar-refractivity contribution < 1.29 is 0 Å². The Morgan fingerprint density at radius 2 is 1.83 bits per heavy atom. The summed E-state index contributed by atoms with van der Waals surface area (Å²) in [6.45, 7) is 3.77. The van der Waals surface area contributed by atoms with Crippen LogP contribution in [0.15, 0.2) is 23.7 Å². The second-order valence-corrected chi connectivity index (χ2v) is 5.26. The van der Waals surface area contributed by atoms with Gasteiger partial charge in [-0.05, 0) is 12.1 Å². The molecule has 5 nitrogen and oxygen atoms in total. The Morgan fingerprint density at radius 3 is 2.44 bits per heavy atom. The van der Waals surface area contributed by atoms with Gasteiger partial charge in [-0.15, -0.1) is 21.5 Å². The zero-order valence-corrected chi connectivity index (χ0v) is 11.2. The van der Waals surface area contributed by atoms with Crippen LogP contribution in [-0.2, 0) is 0 Å². The van der Waals surface area contributed by atoms with E-state index in [1.165, 1.54) is 0 Å². The molecule has 0 amide bonds. The summed E-state index contributed by atoms with van der Waals surface area (Å²) < 4.78 is 0. The van der Waals surface area contributed by atoms with Gasteiger partial charge in [0.05, 0.1) is 0 Å². The molecule has 0 N–H and O–H groups in total. The molecule has 1 saturated heterocycles. The molecule has 2 aromatic heterocycles. The van der Waals surface area contributed by atoms with E-state index in [0.717, 1.165) is 37.1 Å². The number of hydrogen-bond donors (Lipinski definition) is 0. The highest BCUT2D eigenvalue weighted by Crippen LogP contribution is 2.21. The van der Waals surface area contributed by atoms with Crippen molar-refractivity contribution >= 4 is 33.9 Å². The van der Waals surface area contributed by atoms with E-state index in [4.69, 9.17) is 11.6 Å². The third-order valence-corrected chi connectivity index (χ3v) is 3.95. The summed E-state index contributed by atoms with van der Waals surface area (Å²) in [5.74, 6) is 0.887. The number of thiazole rings is 1. The fourth-order valence-electron chi connectivity index (χ4n) is 1.98. The number of rotatable bonds is 2. The van der Waals surface area contributed by atoms with Crippen molar-refractivity contribution in [2.24, 2.45) is 0 Å². The van der Waals surface area contributed by atoms with Crippen LogP contribution in [0.2, 0.25) is 5.15 Å². The van der Waals surface area contributed by atoms with E-state index in [1.807, 2.05) is 17.6 Å². The van der Waals surface area contributed by atoms with Crippen LogP contribution >= 0.6 is 22.9 Å². The summed E-state index contributed by atoms with van der Waals surface area (Å²) in [6.07, 6.45) is 1.84. The molecule has 0 saturated carbocycles. The highest BCUT2D eigenvalue weighted by molar-refractivity contribution is 7.13. The molecule has 0 spiro atoms. The maximum absolute atomic E-state index is 5.73. The lowest BCUT2D eigenvalue weighted by molar-refractivity contribution is 0.642. The number of piperazine rings is 1. The van der Waals surface area contributed by atoms with Gasteiger partial charge in [0.1, 0.15) is 0 Å². The first-order valence-electron chi connectivity index (χ1n) is 5.71. The van der Waals surface area contributed by atoms with E-state index in [2.05, 4.69) is 25.0 Å². The maximum Gasteiger partial charge on any atom is 0.185 e. The molecule has 7 heteroatoms. The topological polar surface area (TPSA) is 45.2 Å². The maximum atomic E-state index is 5.73. The average molecular weight is 282 g/mol. The lowest BCUT2D eigenvalue weighted by atomic mass is 10.3. The van der Waals surface area contributed by atoms with Gasteiger partial charge in [0.2, 0.25) is 0 Å². The minimum Gasteiger partial charge on any atom is -0.352 e. The molecule has 3 heterocycles. The summed E-state index contributed by atoms with van der Waals surface area (Å²) in [6, 6.07) is 3.69. The first-order valence-corrected chi connectivity index (χ1v) is 6.97. The smallest absolute Gasteiger partial charge is 0.185 e. The monoisotopic (exact) mass is 281 g/mol. The van der Waals surface area contributed by atoms with Crippen molar-refractivity contribution in [2.45, 2.75) is 0 Å². The molecule has 18 heavy (non-hydrogen) atoms. The van der Waals surface area contributed by atoms with Gasteiger partial charge >= 0.3 is 0 Å². The molecule has 2 aromatic rings. The van der Waals surface area contributed by atoms with Crippen molar-refractivity contribution in [1.29, 1.82) is 0 Å². The van der Waals surface area contributed by atoms with Crippen LogP contribution in [0.5, 0.6) is 0 Å². The van der Waals surface area contributed by atoms with Crippen LogP contribution in [0.3, 0.4) is 0 Å². The van der Waals surface area contributed by atoms with Gasteiger partial charge in [0, 0.05) is 37.8 Å². The summed E-state index contributed by atoms with van der Waals surface area (Å²) in [4.78, 5) is 8.84. The van der Waals surface area contributed by atoms with Crippen molar-refractivity contribution in [3.05, 3.63) is 28.9 Å². The van der Waals surface area contributed by atoms with Crippen LogP contribution < -0.4 is 9.80 Å². The second kappa shape index (κ2) is 5.07. The average Bonchev–Trinajstić information content (AvgIpc) is 2.94. The van der Waals surface area contributed by atoms with E-state index in [-0.39, 0.29) is 0 Å². The minimum absolute atomic E-state index is 0.431. The Hall–Kier alpha value is -1.40. The Labute approximate surface area is 114 Å². The zero-order valence-electron chi connectivity index (χ0n) is 9.66. The molecule has 0 atom stereocenters. The van der Waals surface area contributed by atoms with Crippen molar-refractivity contribution in [3.63, 3.8) is 0 Å². The fraction of sp³-hybridized carbons (Fsp3) is 0.364. The summed E-state index contributed by atoms with van der Waals surface area (Å²) in [5, 5.41) is 11.5. The molecule has 3 rings (SSSR count). The number of anilines is 2. The molecular formula is C11H12ClN5S. The van der Waals surface area contributed by atoms with E-state index in [0.29, 0.717) is 5.15 Å². The van der Waals surface area contributed by atoms with Crippen LogP contribution in [0.1, 0.15) is 0 Å². The van der Waals surface area contributed by atoms with Gasteiger partial charge in [0.25, 0.3) is 0 Å². The van der Waals surface area contributed by atoms with Gasteiger partial charge in [-0.1, -0.05) is 11.6 Å². The quantitative estimate of drug-likeness (QED) is 0.841. The van der Waals surface area contributed by atoms with Crippen molar-refractivity contribution in [2.75, 3.05) is 36.0 Å². The molecule has 0 aliphatic carbocycles. The predicted molar refractivity (Wildman–Crippen MR) is 73.6 cm³/mol. The molecule has 0 radical (unpaired) electrons. The van der Waals surface area contributed by atoms with E-state index < -0.39 is 0 Å². The van der Waals surface area contributed by atoms with Gasteiger partial charge < -0.3 is 9.80 Å². The molecule has 1 aliphatic heterocycles. The van der Waals surface area contributed by atoms with Gasteiger partial charge in [-0.3, -0.25) is 0 Å². The first kappa shape index (κ1) is 11.7. The number of nitrogens with zero attached hydrogens (tertiary/aromatic N) is 5. The third-order valence-electron chi connectivity index (χ3n) is 2.91. The number of aromatic nitrogens is 3. The zero-order chi connectivity index (χ0) is 12.4. The number of halogens is 1. The molecule has 1 fully saturated rings. The highest BCUT2D eigenvalue weighted by atomic mass is 35.5. The fourth-order valence-corrected chi connectivity index (χ4v) is 2.77. The largest absolute Gasteiger partial charge is 0.352 e. The Balaban J connectivity index is 1.65. The first-order chi connectivity index (χ1) is 8.83. The highest BCUT2D eigenvalue weighted by Gasteiger charge is 2.19. The molecule has 0 aromatic carbocycles. The second-order valence-electron chi connectivity index (χ2n) is 4.00. The van der Waals surface area contributed by atoms with Gasteiger partial charge in [0.15, 0.2) is 16.1 Å². The lowest BCUT2D eigenvalue weighted by Gasteiger charge is -2.34. The molecule has 1 aliphatic rings. The Morgan fingerprint density at radius 1 is 1.06 bits per heavy atom. The van der Waals surface area contributed by atoms with Gasteiger partial charge in [-0.2, -0.15) is 0 Å². The summed E-state index contributed by atoms with van der Waals surface area (Å²) in [7, 11) is 0. The summed E-state index contributed by atoms with van der Waals surface area (Å²) in [5.41, 5.74) is 0. The lowest BCUT2D eigenvalue weighted by Crippen LogP contribution is -2.46. The van der Waals surface area contributed by atoms with Crippen molar-refractivity contribution in [1.82, 2.24) is 15.2 Å². The van der Waals surface area contributed by atoms with Crippen LogP contribution in [0.25, 0.3) is 0 Å². The minimum atomic E-state index is 0.431. The Kier molecular flexibility index (Phi) is 3.29. The van der Waals surface area contributed by atoms with Crippen LogP contribution in [0, 0.1) is 0 Å². The summed E-state index contributed by atoms with van der Waals surface area (Å²) >= 11 is 7.41. The number of hydrogen-bond acceptors (Lipinski definition) is 6. The van der Waals surface area contributed by atoms with Gasteiger partial charge in [-0.25, -0.2) is 4.98 Å². The molecular weight excluding hydrogens is 270 g/mol. The Bertz CT molecular complexity index is 493. The SMILES string of the molecule is Clc1ccc(N2CCN(c3nccs3)CC2)nn1. The predicted octanol–water partition coefficient (Wildman–Crippen LogP) is 1.91. The third kappa shape index (κ3) is 2.39. The van der Waals surface area contributed by atoms with E-state index in [9.17, 15) is 0 Å². The standard InChI is InChI=1S/C11H12ClN5S/c12-9-1-2-10(15-14-9)16-4-6-17(7-5-16)11-13-3-8-18-11/h1-3,8H,4-7H2. The van der Waals surface area contributed by atoms with E-state index >= 15 is 0 Å². The van der Waals surface area contributed by atoms with E-state index in [1.54, 1.807) is 17.4 Å².